The Bertz CT molecular complexity index is 928. The number of thioether (sulfide) groups is 1. The Balaban J connectivity index is 1.91. The molecule has 2 nitrogen and oxygen atoms in total. The largest absolute Gasteiger partial charge is 0.481 e. The van der Waals surface area contributed by atoms with Crippen LogP contribution in [0.15, 0.2) is 29.2 Å². The molecule has 0 amide bonds. The van der Waals surface area contributed by atoms with E-state index in [-0.39, 0.29) is 11.8 Å². The van der Waals surface area contributed by atoms with Gasteiger partial charge in [-0.15, -0.1) is 23.1 Å². The lowest BCUT2D eigenvalue weighted by Crippen LogP contribution is -2.23. The molecule has 2 heterocycles. The summed E-state index contributed by atoms with van der Waals surface area (Å²) in [6.07, 6.45) is 7.34. The van der Waals surface area contributed by atoms with Crippen LogP contribution < -0.4 is 0 Å². The molecule has 1 aromatic heterocycles. The SMILES string of the molecule is CCCCCCc1cc2c(cc1C#Cc1ccc(CC(=O)O)s1)C(C)(C)CCS2. The average molecular weight is 427 g/mol. The lowest BCUT2D eigenvalue weighted by Gasteiger charge is -2.32. The van der Waals surface area contributed by atoms with Gasteiger partial charge in [-0.05, 0) is 65.8 Å². The minimum absolute atomic E-state index is 0.0687. The van der Waals surface area contributed by atoms with Gasteiger partial charge in [-0.1, -0.05) is 51.9 Å². The van der Waals surface area contributed by atoms with Gasteiger partial charge in [0.2, 0.25) is 0 Å². The highest BCUT2D eigenvalue weighted by Crippen LogP contribution is 2.42. The van der Waals surface area contributed by atoms with Crippen molar-refractivity contribution in [2.75, 3.05) is 5.75 Å². The van der Waals surface area contributed by atoms with Crippen LogP contribution in [0.1, 0.15) is 79.3 Å². The fourth-order valence-corrected chi connectivity index (χ4v) is 6.11. The molecule has 0 unspecified atom stereocenters. The highest BCUT2D eigenvalue weighted by molar-refractivity contribution is 7.99. The van der Waals surface area contributed by atoms with Gasteiger partial charge in [0.15, 0.2) is 0 Å². The summed E-state index contributed by atoms with van der Waals surface area (Å²) in [5.41, 5.74) is 4.12. The van der Waals surface area contributed by atoms with Crippen molar-refractivity contribution >= 4 is 29.1 Å². The summed E-state index contributed by atoms with van der Waals surface area (Å²) in [7, 11) is 0. The standard InChI is InChI=1S/C25H30O2S2/c1-4-5-6-7-8-18-16-23-22(25(2,3)13-14-28-23)15-19(18)9-10-20-11-12-21(29-20)17-24(26)27/h11-12,15-16H,4-8,13-14,17H2,1-3H3,(H,26,27). The number of hydrogen-bond donors (Lipinski definition) is 1. The second kappa shape index (κ2) is 9.87. The van der Waals surface area contributed by atoms with E-state index in [9.17, 15) is 4.79 Å². The summed E-state index contributed by atoms with van der Waals surface area (Å²) in [5.74, 6) is 7.11. The molecule has 0 saturated carbocycles. The molecule has 1 aliphatic rings. The molecule has 1 aliphatic heterocycles. The number of unbranched alkanes of at least 4 members (excludes halogenated alkanes) is 3. The summed E-state index contributed by atoms with van der Waals surface area (Å²) >= 11 is 3.46. The van der Waals surface area contributed by atoms with E-state index in [2.05, 4.69) is 44.7 Å². The fraction of sp³-hybridized carbons (Fsp3) is 0.480. The molecular weight excluding hydrogens is 396 g/mol. The first kappa shape index (κ1) is 22.0. The van der Waals surface area contributed by atoms with Crippen LogP contribution in [0.2, 0.25) is 0 Å². The van der Waals surface area contributed by atoms with Crippen LogP contribution in [-0.2, 0) is 23.1 Å². The predicted molar refractivity (Wildman–Crippen MR) is 124 cm³/mol. The van der Waals surface area contributed by atoms with E-state index in [0.29, 0.717) is 0 Å². The first-order chi connectivity index (χ1) is 13.9. The van der Waals surface area contributed by atoms with Crippen LogP contribution in [0.25, 0.3) is 0 Å². The highest BCUT2D eigenvalue weighted by atomic mass is 32.2. The molecule has 4 heteroatoms. The minimum Gasteiger partial charge on any atom is -0.481 e. The van der Waals surface area contributed by atoms with E-state index in [1.165, 1.54) is 65.2 Å². The third kappa shape index (κ3) is 5.90. The first-order valence-electron chi connectivity index (χ1n) is 10.5. The number of thiophene rings is 1. The zero-order valence-corrected chi connectivity index (χ0v) is 19.3. The van der Waals surface area contributed by atoms with Crippen molar-refractivity contribution < 1.29 is 9.90 Å². The molecule has 0 spiro atoms. The number of carboxylic acids is 1. The number of aliphatic carboxylic acids is 1. The van der Waals surface area contributed by atoms with Crippen molar-refractivity contribution in [2.45, 2.75) is 76.0 Å². The molecule has 0 saturated heterocycles. The topological polar surface area (TPSA) is 37.3 Å². The molecule has 0 fully saturated rings. The van der Waals surface area contributed by atoms with Crippen LogP contribution >= 0.6 is 23.1 Å². The van der Waals surface area contributed by atoms with Gasteiger partial charge in [-0.2, -0.15) is 0 Å². The normalized spacial score (nSPS) is 14.7. The van der Waals surface area contributed by atoms with Gasteiger partial charge in [0.25, 0.3) is 0 Å². The molecule has 29 heavy (non-hydrogen) atoms. The maximum absolute atomic E-state index is 10.9. The molecule has 0 radical (unpaired) electrons. The quantitative estimate of drug-likeness (QED) is 0.397. The van der Waals surface area contributed by atoms with E-state index in [1.54, 1.807) is 0 Å². The summed E-state index contributed by atoms with van der Waals surface area (Å²) < 4.78 is 0. The molecule has 1 aromatic carbocycles. The minimum atomic E-state index is -0.796. The van der Waals surface area contributed by atoms with Crippen molar-refractivity contribution in [3.8, 4) is 11.8 Å². The van der Waals surface area contributed by atoms with Gasteiger partial charge >= 0.3 is 5.97 Å². The summed E-state index contributed by atoms with van der Waals surface area (Å²) in [5, 5.41) is 8.97. The molecule has 0 aliphatic carbocycles. The second-order valence-electron chi connectivity index (χ2n) is 8.38. The zero-order valence-electron chi connectivity index (χ0n) is 17.6. The maximum Gasteiger partial charge on any atom is 0.308 e. The number of fused-ring (bicyclic) bond motifs is 1. The van der Waals surface area contributed by atoms with Gasteiger partial charge in [0.1, 0.15) is 0 Å². The van der Waals surface area contributed by atoms with Crippen molar-refractivity contribution in [1.29, 1.82) is 0 Å². The van der Waals surface area contributed by atoms with Gasteiger partial charge in [-0.25, -0.2) is 0 Å². The molecule has 0 atom stereocenters. The Hall–Kier alpha value is -1.70. The number of carbonyl (C=O) groups is 1. The van der Waals surface area contributed by atoms with Crippen molar-refractivity contribution in [3.05, 3.63) is 50.7 Å². The van der Waals surface area contributed by atoms with E-state index in [0.717, 1.165) is 21.7 Å². The third-order valence-corrected chi connectivity index (χ3v) is 7.58. The molecular formula is C25H30O2S2. The van der Waals surface area contributed by atoms with E-state index in [4.69, 9.17) is 5.11 Å². The first-order valence-corrected chi connectivity index (χ1v) is 12.3. The lowest BCUT2D eigenvalue weighted by molar-refractivity contribution is -0.136. The zero-order chi connectivity index (χ0) is 20.9. The molecule has 2 aromatic rings. The predicted octanol–water partition coefficient (Wildman–Crippen LogP) is 6.67. The number of aryl methyl sites for hydroxylation is 1. The van der Waals surface area contributed by atoms with Gasteiger partial charge < -0.3 is 5.11 Å². The summed E-state index contributed by atoms with van der Waals surface area (Å²) in [6, 6.07) is 8.53. The number of hydrogen-bond acceptors (Lipinski definition) is 3. The average Bonchev–Trinajstić information content (AvgIpc) is 3.10. The number of benzene rings is 1. The molecule has 3 rings (SSSR count). The monoisotopic (exact) mass is 426 g/mol. The van der Waals surface area contributed by atoms with Crippen LogP contribution in [-0.4, -0.2) is 16.8 Å². The van der Waals surface area contributed by atoms with Crippen LogP contribution in [0.3, 0.4) is 0 Å². The third-order valence-electron chi connectivity index (χ3n) is 5.53. The fourth-order valence-electron chi connectivity index (χ4n) is 3.70. The van der Waals surface area contributed by atoms with Gasteiger partial charge in [0.05, 0.1) is 11.3 Å². The Morgan fingerprint density at radius 1 is 1.17 bits per heavy atom. The van der Waals surface area contributed by atoms with Crippen molar-refractivity contribution in [2.24, 2.45) is 0 Å². The van der Waals surface area contributed by atoms with Crippen LogP contribution in [0.5, 0.6) is 0 Å². The van der Waals surface area contributed by atoms with Crippen LogP contribution in [0, 0.1) is 11.8 Å². The van der Waals surface area contributed by atoms with Gasteiger partial charge in [0, 0.05) is 15.3 Å². The Labute approximate surface area is 183 Å². The molecule has 0 bridgehead atoms. The Kier molecular flexibility index (Phi) is 7.49. The van der Waals surface area contributed by atoms with Crippen molar-refractivity contribution in [1.82, 2.24) is 0 Å². The van der Waals surface area contributed by atoms with Crippen molar-refractivity contribution in [3.63, 3.8) is 0 Å². The number of carboxylic acid groups (broad SMARTS) is 1. The summed E-state index contributed by atoms with van der Waals surface area (Å²) in [4.78, 5) is 14.1. The van der Waals surface area contributed by atoms with Gasteiger partial charge in [-0.3, -0.25) is 4.79 Å². The van der Waals surface area contributed by atoms with E-state index in [1.807, 2.05) is 23.9 Å². The Morgan fingerprint density at radius 2 is 2.00 bits per heavy atom. The highest BCUT2D eigenvalue weighted by Gasteiger charge is 2.28. The number of rotatable bonds is 7. The lowest BCUT2D eigenvalue weighted by atomic mass is 9.80. The Morgan fingerprint density at radius 3 is 2.76 bits per heavy atom. The maximum atomic E-state index is 10.9. The van der Waals surface area contributed by atoms with Crippen LogP contribution in [0.4, 0.5) is 0 Å². The summed E-state index contributed by atoms with van der Waals surface area (Å²) in [6.45, 7) is 6.91. The molecule has 1 N–H and O–H groups in total. The van der Waals surface area contributed by atoms with E-state index < -0.39 is 5.97 Å². The van der Waals surface area contributed by atoms with E-state index >= 15 is 0 Å². The molecule has 154 valence electrons. The smallest absolute Gasteiger partial charge is 0.308 e. The second-order valence-corrected chi connectivity index (χ2v) is 10.7.